The maximum Gasteiger partial charge on any atom is 0.450 e. The number of halogens is 6. The highest BCUT2D eigenvalue weighted by Gasteiger charge is 2.83. The van der Waals surface area contributed by atoms with Gasteiger partial charge < -0.3 is 4.18 Å². The summed E-state index contributed by atoms with van der Waals surface area (Å²) < 4.78 is 140. The van der Waals surface area contributed by atoms with Crippen molar-refractivity contribution >= 4 is 26.0 Å². The number of hydrogen-bond acceptors (Lipinski definition) is 7. The standard InChI is InChI=1S/C19H20F6O6S2.C10H12NO2/c20-17(21,18(22,23)32(26,27)28)19(24,25)33(29,30)31-15-3-1-14(2-4-15)16-8-11-5-12(9-16)7-13(6-11)10-16;1-8(2)10(12)9-4-6-11(13-3)7-5-9/h1-4,11-13H,5-10H2,(H,26,27,28);4-7H,1H2,2-3H3/q;+1. The van der Waals surface area contributed by atoms with Gasteiger partial charge in [-0.25, -0.2) is 0 Å². The Bertz CT molecular complexity index is 1660. The van der Waals surface area contributed by atoms with Crippen molar-refractivity contribution in [2.24, 2.45) is 17.8 Å². The Labute approximate surface area is 262 Å². The number of allylic oxidation sites excluding steroid dienone is 1. The number of rotatable bonds is 10. The Morgan fingerprint density at radius 2 is 1.33 bits per heavy atom. The van der Waals surface area contributed by atoms with Crippen molar-refractivity contribution in [1.82, 2.24) is 0 Å². The molecule has 6 rings (SSSR count). The van der Waals surface area contributed by atoms with Crippen molar-refractivity contribution < 1.29 is 66.3 Å². The number of carbonyl (C=O) groups is 1. The number of aromatic nitrogens is 1. The first kappa shape index (κ1) is 35.7. The third-order valence-corrected chi connectivity index (χ3v) is 10.9. The second-order valence-corrected chi connectivity index (χ2v) is 15.1. The molecule has 1 N–H and O–H groups in total. The van der Waals surface area contributed by atoms with Crippen molar-refractivity contribution in [3.8, 4) is 5.75 Å². The summed E-state index contributed by atoms with van der Waals surface area (Å²) in [7, 11) is -12.3. The molecule has 0 atom stereocenters. The predicted octanol–water partition coefficient (Wildman–Crippen LogP) is 5.36. The van der Waals surface area contributed by atoms with E-state index < -0.39 is 42.4 Å². The van der Waals surface area contributed by atoms with E-state index in [-0.39, 0.29) is 11.2 Å². The molecular formula is C29H32F6NO8S2+. The summed E-state index contributed by atoms with van der Waals surface area (Å²) in [5.41, 5.74) is 1.83. The normalized spacial score (nSPS) is 24.5. The van der Waals surface area contributed by atoms with Crippen molar-refractivity contribution in [2.45, 2.75) is 67.3 Å². The van der Waals surface area contributed by atoms with E-state index in [1.54, 1.807) is 38.6 Å². The number of carbonyl (C=O) groups excluding carboxylic acids is 1. The zero-order chi connectivity index (χ0) is 34.5. The van der Waals surface area contributed by atoms with Crippen LogP contribution in [0.15, 0.2) is 60.9 Å². The molecule has 0 spiro atoms. The lowest BCUT2D eigenvalue weighted by molar-refractivity contribution is -0.885. The summed E-state index contributed by atoms with van der Waals surface area (Å²) >= 11 is 0. The van der Waals surface area contributed by atoms with Gasteiger partial charge in [0.15, 0.2) is 5.78 Å². The summed E-state index contributed by atoms with van der Waals surface area (Å²) in [6.45, 7) is 5.28. The van der Waals surface area contributed by atoms with Gasteiger partial charge in [0.05, 0.1) is 0 Å². The molecule has 1 aromatic heterocycles. The van der Waals surface area contributed by atoms with Gasteiger partial charge in [0.1, 0.15) is 12.9 Å². The van der Waals surface area contributed by atoms with Crippen LogP contribution in [0.4, 0.5) is 26.3 Å². The van der Waals surface area contributed by atoms with Gasteiger partial charge in [-0.1, -0.05) is 18.7 Å². The van der Waals surface area contributed by atoms with Crippen molar-refractivity contribution in [1.29, 1.82) is 0 Å². The summed E-state index contributed by atoms with van der Waals surface area (Å²) in [6.07, 6.45) is 9.57. The van der Waals surface area contributed by atoms with Crippen LogP contribution >= 0.6 is 0 Å². The monoisotopic (exact) mass is 700 g/mol. The van der Waals surface area contributed by atoms with Gasteiger partial charge in [-0.2, -0.15) is 43.2 Å². The number of ketones is 1. The smallest absolute Gasteiger partial charge is 0.378 e. The summed E-state index contributed by atoms with van der Waals surface area (Å²) in [5.74, 6) is -6.21. The van der Waals surface area contributed by atoms with Gasteiger partial charge in [-0.15, -0.1) is 0 Å². The van der Waals surface area contributed by atoms with Crippen LogP contribution in [0, 0.1) is 17.8 Å². The molecule has 0 radical (unpaired) electrons. The molecule has 4 saturated carbocycles. The molecule has 0 amide bonds. The van der Waals surface area contributed by atoms with Gasteiger partial charge in [-0.3, -0.25) is 14.2 Å². The highest BCUT2D eigenvalue weighted by molar-refractivity contribution is 7.88. The first-order valence-corrected chi connectivity index (χ1v) is 16.8. The number of alkyl halides is 6. The molecule has 9 nitrogen and oxygen atoms in total. The highest BCUT2D eigenvalue weighted by atomic mass is 32.2. The van der Waals surface area contributed by atoms with Crippen LogP contribution in [0.25, 0.3) is 0 Å². The Hall–Kier alpha value is -3.18. The molecule has 1 aromatic carbocycles. The van der Waals surface area contributed by atoms with Gasteiger partial charge in [-0.05, 0) is 91.9 Å². The Morgan fingerprint density at radius 1 is 0.870 bits per heavy atom. The first-order valence-electron chi connectivity index (χ1n) is 14.0. The lowest BCUT2D eigenvalue weighted by Gasteiger charge is -2.57. The minimum Gasteiger partial charge on any atom is -0.378 e. The third-order valence-electron chi connectivity index (χ3n) is 8.74. The Balaban J connectivity index is 0.000000310. The van der Waals surface area contributed by atoms with Gasteiger partial charge in [0.2, 0.25) is 12.4 Å². The van der Waals surface area contributed by atoms with Crippen LogP contribution < -0.4 is 13.8 Å². The summed E-state index contributed by atoms with van der Waals surface area (Å²) in [6, 6.07) is 8.17. The van der Waals surface area contributed by atoms with E-state index in [2.05, 4.69) is 10.8 Å². The van der Waals surface area contributed by atoms with Crippen LogP contribution in [0.1, 0.15) is 61.4 Å². The van der Waals surface area contributed by atoms with Crippen molar-refractivity contribution in [3.63, 3.8) is 0 Å². The van der Waals surface area contributed by atoms with E-state index in [0.29, 0.717) is 28.9 Å². The maximum absolute atomic E-state index is 14.0. The average Bonchev–Trinajstić information content (AvgIpc) is 2.95. The fourth-order valence-electron chi connectivity index (χ4n) is 6.93. The van der Waals surface area contributed by atoms with E-state index in [1.807, 2.05) is 0 Å². The van der Waals surface area contributed by atoms with E-state index in [1.165, 1.54) is 16.9 Å². The van der Waals surface area contributed by atoms with Gasteiger partial charge >= 0.3 is 36.7 Å². The largest absolute Gasteiger partial charge is 0.450 e. The van der Waals surface area contributed by atoms with E-state index >= 15 is 0 Å². The molecule has 1 heterocycles. The number of nitrogens with zero attached hydrogens (tertiary/aromatic N) is 1. The molecule has 2 aromatic rings. The van der Waals surface area contributed by atoms with Crippen LogP contribution in [0.5, 0.6) is 5.75 Å². The summed E-state index contributed by atoms with van der Waals surface area (Å²) in [5, 5.41) is -13.5. The fraction of sp³-hybridized carbons (Fsp3) is 0.517. The van der Waals surface area contributed by atoms with Crippen LogP contribution in [-0.4, -0.2) is 50.7 Å². The molecular weight excluding hydrogens is 668 g/mol. The molecule has 4 aliphatic rings. The molecule has 4 fully saturated rings. The fourth-order valence-corrected chi connectivity index (χ4v) is 8.36. The zero-order valence-electron chi connectivity index (χ0n) is 24.6. The molecule has 4 bridgehead atoms. The molecule has 46 heavy (non-hydrogen) atoms. The predicted molar refractivity (Wildman–Crippen MR) is 151 cm³/mol. The van der Waals surface area contributed by atoms with Crippen LogP contribution in [-0.2, 0) is 25.7 Å². The minimum absolute atomic E-state index is 0.0387. The molecule has 0 saturated heterocycles. The number of benzene rings is 1. The molecule has 0 unspecified atom stereocenters. The maximum atomic E-state index is 14.0. The molecule has 0 aliphatic heterocycles. The van der Waals surface area contributed by atoms with Crippen LogP contribution in [0.2, 0.25) is 0 Å². The quantitative estimate of drug-likeness (QED) is 0.0877. The molecule has 4 aliphatic carbocycles. The summed E-state index contributed by atoms with van der Waals surface area (Å²) in [4.78, 5) is 16.3. The zero-order valence-corrected chi connectivity index (χ0v) is 26.3. The minimum atomic E-state index is -7.09. The van der Waals surface area contributed by atoms with Gasteiger partial charge in [0.25, 0.3) is 0 Å². The molecule has 17 heteroatoms. The Kier molecular flexibility index (Phi) is 9.40. The number of hydrogen-bond donors (Lipinski definition) is 1. The van der Waals surface area contributed by atoms with E-state index in [9.17, 15) is 48.0 Å². The van der Waals surface area contributed by atoms with E-state index in [4.69, 9.17) is 9.39 Å². The van der Waals surface area contributed by atoms with Crippen LogP contribution in [0.3, 0.4) is 0 Å². The number of pyridine rings is 1. The number of Topliss-reactive ketones (excluding diaryl/α,β-unsaturated/α-hetero) is 1. The second kappa shape index (κ2) is 12.1. The lowest BCUT2D eigenvalue weighted by atomic mass is 9.48. The molecule has 254 valence electrons. The SMILES string of the molecule is C=C(C)C(=O)c1cc[n+](OC)cc1.O=S(=O)(O)C(F)(F)C(F)(F)C(F)(F)S(=O)(=O)Oc1ccc(C23CC4CC(CC(C4)C2)C3)cc1. The highest BCUT2D eigenvalue weighted by Crippen LogP contribution is 2.61. The lowest BCUT2D eigenvalue weighted by Crippen LogP contribution is -2.61. The van der Waals surface area contributed by atoms with E-state index in [0.717, 1.165) is 56.2 Å². The third kappa shape index (κ3) is 6.37. The van der Waals surface area contributed by atoms with Crippen molar-refractivity contribution in [3.05, 3.63) is 72.1 Å². The first-order chi connectivity index (χ1) is 21.1. The average molecular weight is 701 g/mol. The second-order valence-electron chi connectivity index (χ2n) is 12.1. The van der Waals surface area contributed by atoms with Crippen molar-refractivity contribution in [2.75, 3.05) is 7.11 Å². The topological polar surface area (TPSA) is 128 Å². The van der Waals surface area contributed by atoms with Gasteiger partial charge in [0, 0.05) is 22.4 Å². The Morgan fingerprint density at radius 3 is 1.72 bits per heavy atom.